The van der Waals surface area contributed by atoms with E-state index >= 15 is 0 Å². The number of nitrogens with zero attached hydrogens (tertiary/aromatic N) is 6. The molecule has 2 rings (SSSR count). The molecule has 0 saturated carbocycles. The monoisotopic (exact) mass is 454 g/mol. The van der Waals surface area contributed by atoms with E-state index in [1.165, 1.54) is 0 Å². The Bertz CT molecular complexity index is 924. The van der Waals surface area contributed by atoms with Gasteiger partial charge < -0.3 is 15.6 Å². The Morgan fingerprint density at radius 1 is 0.545 bits per heavy atom. The van der Waals surface area contributed by atoms with E-state index in [0.717, 1.165) is 51.4 Å². The van der Waals surface area contributed by atoms with Gasteiger partial charge in [-0.25, -0.2) is 0 Å². The molecule has 0 bridgehead atoms. The van der Waals surface area contributed by atoms with Crippen LogP contribution in [0.15, 0.2) is 63.9 Å². The van der Waals surface area contributed by atoms with Crippen molar-refractivity contribution in [1.82, 2.24) is 0 Å². The van der Waals surface area contributed by atoms with Crippen LogP contribution >= 0.6 is 0 Å². The van der Waals surface area contributed by atoms with E-state index in [-0.39, 0.29) is 0 Å². The SMILES string of the molecule is CCCCCC[N+]([O-])=Nc1ccc(N=[N+]([O-])c2ccc(N=[N+]([O-])CCCCCC)cc2)cc1. The molecule has 33 heavy (non-hydrogen) atoms. The van der Waals surface area contributed by atoms with E-state index in [1.54, 1.807) is 48.5 Å². The van der Waals surface area contributed by atoms with Crippen LogP contribution in [0.3, 0.4) is 0 Å². The molecule has 0 aliphatic rings. The zero-order valence-corrected chi connectivity index (χ0v) is 19.6. The maximum Gasteiger partial charge on any atom is 0.245 e. The molecule has 0 N–H and O–H groups in total. The molecular formula is C24H34N6O3. The van der Waals surface area contributed by atoms with E-state index in [9.17, 15) is 15.6 Å². The maximum absolute atomic E-state index is 12.4. The van der Waals surface area contributed by atoms with Crippen molar-refractivity contribution in [2.75, 3.05) is 13.1 Å². The van der Waals surface area contributed by atoms with Crippen LogP contribution in [-0.4, -0.2) is 27.7 Å². The summed E-state index contributed by atoms with van der Waals surface area (Å²) in [6.45, 7) is 4.97. The van der Waals surface area contributed by atoms with Gasteiger partial charge in [0, 0.05) is 40.3 Å². The van der Waals surface area contributed by atoms with Crippen LogP contribution in [0.1, 0.15) is 65.2 Å². The van der Waals surface area contributed by atoms with Crippen molar-refractivity contribution in [2.24, 2.45) is 15.3 Å². The molecule has 0 unspecified atom stereocenters. The first-order valence-electron chi connectivity index (χ1n) is 11.7. The Kier molecular flexibility index (Phi) is 11.5. The highest BCUT2D eigenvalue weighted by Crippen LogP contribution is 2.23. The van der Waals surface area contributed by atoms with Gasteiger partial charge in [0.05, 0.1) is 0 Å². The van der Waals surface area contributed by atoms with Gasteiger partial charge in [-0.05, 0) is 49.2 Å². The standard InChI is InChI=1S/C24H34N6O3/c1-3-5-7-9-19-28(31)25-21-11-13-23(14-12-21)27-30(33)24-17-15-22(16-18-24)26-29(32)20-10-8-6-4-2/h11-18H,3-10,19-20H2,1-2H3. The Morgan fingerprint density at radius 2 is 0.939 bits per heavy atom. The molecule has 0 aliphatic heterocycles. The molecule has 9 heteroatoms. The van der Waals surface area contributed by atoms with Crippen molar-refractivity contribution in [3.05, 3.63) is 64.2 Å². The third-order valence-corrected chi connectivity index (χ3v) is 4.99. The normalized spacial score (nSPS) is 12.8. The molecule has 2 aromatic rings. The quantitative estimate of drug-likeness (QED) is 0.125. The van der Waals surface area contributed by atoms with Gasteiger partial charge in [-0.1, -0.05) is 54.1 Å². The number of benzene rings is 2. The fraction of sp³-hybridized carbons (Fsp3) is 0.500. The smallest absolute Gasteiger partial charge is 0.245 e. The molecular weight excluding hydrogens is 420 g/mol. The van der Waals surface area contributed by atoms with Gasteiger partial charge in [0.2, 0.25) is 5.69 Å². The number of azo groups is 3. The summed E-state index contributed by atoms with van der Waals surface area (Å²) in [7, 11) is 0. The van der Waals surface area contributed by atoms with Crippen molar-refractivity contribution in [3.63, 3.8) is 0 Å². The number of hydroxylamine groups is 2. The van der Waals surface area contributed by atoms with E-state index in [4.69, 9.17) is 0 Å². The lowest BCUT2D eigenvalue weighted by atomic mass is 10.2. The highest BCUT2D eigenvalue weighted by Gasteiger charge is 2.07. The highest BCUT2D eigenvalue weighted by atomic mass is 16.5. The second-order valence-corrected chi connectivity index (χ2v) is 7.88. The fourth-order valence-electron chi connectivity index (χ4n) is 3.10. The second kappa shape index (κ2) is 14.7. The van der Waals surface area contributed by atoms with Crippen LogP contribution in [0.4, 0.5) is 22.7 Å². The van der Waals surface area contributed by atoms with Gasteiger partial charge in [-0.2, -0.15) is 0 Å². The van der Waals surface area contributed by atoms with E-state index in [0.29, 0.717) is 50.4 Å². The lowest BCUT2D eigenvalue weighted by molar-refractivity contribution is -0.525. The zero-order valence-electron chi connectivity index (χ0n) is 19.6. The van der Waals surface area contributed by atoms with Gasteiger partial charge >= 0.3 is 0 Å². The Balaban J connectivity index is 1.94. The Labute approximate surface area is 195 Å². The first-order valence-corrected chi connectivity index (χ1v) is 11.7. The van der Waals surface area contributed by atoms with Crippen LogP contribution in [0.25, 0.3) is 0 Å². The Hall–Kier alpha value is -3.36. The topological polar surface area (TPSA) is 115 Å². The van der Waals surface area contributed by atoms with Crippen molar-refractivity contribution in [2.45, 2.75) is 65.2 Å². The molecule has 0 spiro atoms. The summed E-state index contributed by atoms with van der Waals surface area (Å²) in [5.41, 5.74) is 1.76. The fourth-order valence-corrected chi connectivity index (χ4v) is 3.10. The predicted octanol–water partition coefficient (Wildman–Crippen LogP) is 7.96. The van der Waals surface area contributed by atoms with Crippen LogP contribution in [0, 0.1) is 15.6 Å². The van der Waals surface area contributed by atoms with Crippen LogP contribution in [0.2, 0.25) is 0 Å². The second-order valence-electron chi connectivity index (χ2n) is 7.88. The summed E-state index contributed by atoms with van der Waals surface area (Å²) in [6, 6.07) is 12.9. The van der Waals surface area contributed by atoms with Gasteiger partial charge in [-0.15, -0.1) is 0 Å². The number of unbranched alkanes of at least 4 members (excludes halogenated alkanes) is 6. The summed E-state index contributed by atoms with van der Waals surface area (Å²) in [4.78, 5) is 1.89. The van der Waals surface area contributed by atoms with Crippen LogP contribution < -0.4 is 0 Å². The molecule has 0 aliphatic carbocycles. The molecule has 178 valence electrons. The minimum atomic E-state index is 0.320. The minimum absolute atomic E-state index is 0.320. The van der Waals surface area contributed by atoms with Gasteiger partial charge in [0.25, 0.3) is 0 Å². The van der Waals surface area contributed by atoms with Crippen molar-refractivity contribution in [3.8, 4) is 0 Å². The summed E-state index contributed by atoms with van der Waals surface area (Å²) >= 11 is 0. The molecule has 0 saturated heterocycles. The highest BCUT2D eigenvalue weighted by molar-refractivity contribution is 5.46. The maximum atomic E-state index is 12.4. The molecule has 0 amide bonds. The van der Waals surface area contributed by atoms with Crippen molar-refractivity contribution >= 4 is 22.7 Å². The lowest BCUT2D eigenvalue weighted by Crippen LogP contribution is -2.01. The van der Waals surface area contributed by atoms with Crippen LogP contribution in [0.5, 0.6) is 0 Å². The molecule has 0 atom stereocenters. The Morgan fingerprint density at radius 3 is 1.36 bits per heavy atom. The van der Waals surface area contributed by atoms with Gasteiger partial charge in [0.15, 0.2) is 13.1 Å². The zero-order chi connectivity index (χ0) is 23.9. The summed E-state index contributed by atoms with van der Waals surface area (Å²) in [6.07, 6.45) is 8.12. The van der Waals surface area contributed by atoms with E-state index in [2.05, 4.69) is 29.2 Å². The number of hydrogen-bond acceptors (Lipinski definition) is 6. The molecule has 0 fully saturated rings. The largest absolute Gasteiger partial charge is 0.600 e. The number of hydrogen-bond donors (Lipinski definition) is 0. The van der Waals surface area contributed by atoms with Crippen molar-refractivity contribution < 1.29 is 14.6 Å². The van der Waals surface area contributed by atoms with Crippen LogP contribution in [-0.2, 0) is 0 Å². The van der Waals surface area contributed by atoms with E-state index in [1.807, 2.05) is 0 Å². The average molecular weight is 455 g/mol. The van der Waals surface area contributed by atoms with Crippen molar-refractivity contribution in [1.29, 1.82) is 0 Å². The third kappa shape index (κ3) is 10.2. The molecule has 0 aromatic heterocycles. The molecule has 2 aromatic carbocycles. The van der Waals surface area contributed by atoms with Gasteiger partial charge in [-0.3, -0.25) is 0 Å². The summed E-state index contributed by atoms with van der Waals surface area (Å²) < 4.78 is 0. The average Bonchev–Trinajstić information content (AvgIpc) is 2.81. The summed E-state index contributed by atoms with van der Waals surface area (Å²) in [5.74, 6) is 0. The van der Waals surface area contributed by atoms with Gasteiger partial charge in [0.1, 0.15) is 17.1 Å². The molecule has 0 heterocycles. The molecule has 0 radical (unpaired) electrons. The molecule has 9 nitrogen and oxygen atoms in total. The minimum Gasteiger partial charge on any atom is -0.600 e. The number of rotatable bonds is 14. The van der Waals surface area contributed by atoms with E-state index < -0.39 is 0 Å². The third-order valence-electron chi connectivity index (χ3n) is 4.99. The predicted molar refractivity (Wildman–Crippen MR) is 128 cm³/mol. The lowest BCUT2D eigenvalue weighted by Gasteiger charge is -2.02. The first-order chi connectivity index (χ1) is 16.0. The first kappa shape index (κ1) is 25.9. The summed E-state index contributed by atoms with van der Waals surface area (Å²) in [5, 5.41) is 48.0.